The molecular formula is C15H22N4O2. The number of carbonyl (C=O) groups is 1. The molecule has 2 heterocycles. The summed E-state index contributed by atoms with van der Waals surface area (Å²) in [5, 5.41) is 7.01. The number of carbonyl (C=O) groups excluding carboxylic acids is 1. The maximum Gasteiger partial charge on any atom is 0.213 e. The molecule has 0 aliphatic carbocycles. The minimum absolute atomic E-state index is 0.105. The predicted octanol–water partition coefficient (Wildman–Crippen LogP) is 1.34. The van der Waals surface area contributed by atoms with Crippen molar-refractivity contribution in [1.29, 1.82) is 5.41 Å². The average Bonchev–Trinajstić information content (AvgIpc) is 2.48. The second-order valence-electron chi connectivity index (χ2n) is 5.27. The van der Waals surface area contributed by atoms with Crippen LogP contribution < -0.4 is 10.5 Å². The van der Waals surface area contributed by atoms with Crippen LogP contribution in [0.15, 0.2) is 18.3 Å². The Hall–Kier alpha value is -1.95. The fourth-order valence-electron chi connectivity index (χ4n) is 2.39. The molecule has 1 fully saturated rings. The lowest BCUT2D eigenvalue weighted by atomic mass is 10.1. The molecule has 6 heteroatoms. The van der Waals surface area contributed by atoms with Crippen LogP contribution in [0.4, 0.5) is 0 Å². The van der Waals surface area contributed by atoms with Crippen molar-refractivity contribution >= 4 is 11.6 Å². The van der Waals surface area contributed by atoms with Gasteiger partial charge in [-0.05, 0) is 37.6 Å². The minimum Gasteiger partial charge on any atom is -0.477 e. The van der Waals surface area contributed by atoms with Crippen LogP contribution >= 0.6 is 0 Å². The van der Waals surface area contributed by atoms with Gasteiger partial charge in [0.1, 0.15) is 0 Å². The number of nitrogens with zero attached hydrogens (tertiary/aromatic N) is 2. The summed E-state index contributed by atoms with van der Waals surface area (Å²) in [4.78, 5) is 17.8. The standard InChI is InChI=1S/C15H22N4O2/c16-15(17)13(20)5-9-21-14-10-12(4-6-18-14)11-19-7-2-1-3-8-19/h4,6,10H,1-3,5,7-9,11H2,(H3,16,17). The zero-order valence-electron chi connectivity index (χ0n) is 12.2. The van der Waals surface area contributed by atoms with Crippen molar-refractivity contribution in [3.63, 3.8) is 0 Å². The number of amidine groups is 1. The molecule has 0 spiro atoms. The highest BCUT2D eigenvalue weighted by molar-refractivity contribution is 6.36. The average molecular weight is 290 g/mol. The zero-order chi connectivity index (χ0) is 15.1. The van der Waals surface area contributed by atoms with E-state index in [1.54, 1.807) is 6.20 Å². The fraction of sp³-hybridized carbons (Fsp3) is 0.533. The predicted molar refractivity (Wildman–Crippen MR) is 80.4 cm³/mol. The lowest BCUT2D eigenvalue weighted by Gasteiger charge is -2.26. The van der Waals surface area contributed by atoms with Gasteiger partial charge in [0.15, 0.2) is 11.6 Å². The van der Waals surface area contributed by atoms with Gasteiger partial charge in [0.2, 0.25) is 5.88 Å². The summed E-state index contributed by atoms with van der Waals surface area (Å²) in [6.45, 7) is 3.39. The van der Waals surface area contributed by atoms with E-state index < -0.39 is 11.6 Å². The quantitative estimate of drug-likeness (QED) is 0.584. The summed E-state index contributed by atoms with van der Waals surface area (Å²) in [7, 11) is 0. The van der Waals surface area contributed by atoms with E-state index in [4.69, 9.17) is 15.9 Å². The molecule has 0 bridgehead atoms. The van der Waals surface area contributed by atoms with Crippen LogP contribution in [0.5, 0.6) is 5.88 Å². The summed E-state index contributed by atoms with van der Waals surface area (Å²) in [6.07, 6.45) is 5.68. The summed E-state index contributed by atoms with van der Waals surface area (Å²) in [6, 6.07) is 3.90. The molecule has 2 rings (SSSR count). The largest absolute Gasteiger partial charge is 0.477 e. The second-order valence-corrected chi connectivity index (χ2v) is 5.27. The van der Waals surface area contributed by atoms with Gasteiger partial charge in [-0.2, -0.15) is 0 Å². The van der Waals surface area contributed by atoms with Gasteiger partial charge in [-0.3, -0.25) is 15.1 Å². The van der Waals surface area contributed by atoms with Gasteiger partial charge in [-0.25, -0.2) is 4.98 Å². The number of likely N-dealkylation sites (tertiary alicyclic amines) is 1. The zero-order valence-corrected chi connectivity index (χ0v) is 12.2. The molecule has 1 aliphatic rings. The Bertz CT molecular complexity index is 498. The lowest BCUT2D eigenvalue weighted by molar-refractivity contribution is -0.113. The molecule has 0 amide bonds. The molecular weight excluding hydrogens is 268 g/mol. The number of hydrogen-bond donors (Lipinski definition) is 2. The van der Waals surface area contributed by atoms with Gasteiger partial charge in [-0.1, -0.05) is 6.42 Å². The number of ketones is 1. The normalized spacial score (nSPS) is 15.6. The van der Waals surface area contributed by atoms with Gasteiger partial charge in [0, 0.05) is 25.2 Å². The van der Waals surface area contributed by atoms with Gasteiger partial charge in [0.25, 0.3) is 0 Å². The first-order chi connectivity index (χ1) is 10.1. The summed E-state index contributed by atoms with van der Waals surface area (Å²) in [5.41, 5.74) is 6.27. The highest BCUT2D eigenvalue weighted by Gasteiger charge is 2.11. The molecule has 3 N–H and O–H groups in total. The summed E-state index contributed by atoms with van der Waals surface area (Å²) in [5.74, 6) is -0.314. The number of piperidine rings is 1. The highest BCUT2D eigenvalue weighted by Crippen LogP contribution is 2.15. The van der Waals surface area contributed by atoms with Crippen LogP contribution in [0.3, 0.4) is 0 Å². The first-order valence-electron chi connectivity index (χ1n) is 7.32. The van der Waals surface area contributed by atoms with Crippen molar-refractivity contribution in [2.45, 2.75) is 32.2 Å². The van der Waals surface area contributed by atoms with Crippen LogP contribution in [0.2, 0.25) is 0 Å². The first-order valence-corrected chi connectivity index (χ1v) is 7.32. The van der Waals surface area contributed by atoms with E-state index >= 15 is 0 Å². The van der Waals surface area contributed by atoms with Crippen molar-refractivity contribution < 1.29 is 9.53 Å². The van der Waals surface area contributed by atoms with Gasteiger partial charge >= 0.3 is 0 Å². The van der Waals surface area contributed by atoms with Crippen LogP contribution in [0.25, 0.3) is 0 Å². The third-order valence-electron chi connectivity index (χ3n) is 3.53. The molecule has 0 atom stereocenters. The number of rotatable bonds is 7. The van der Waals surface area contributed by atoms with E-state index in [-0.39, 0.29) is 13.0 Å². The molecule has 6 nitrogen and oxygen atoms in total. The Morgan fingerprint density at radius 3 is 2.86 bits per heavy atom. The van der Waals surface area contributed by atoms with Crippen molar-refractivity contribution in [2.75, 3.05) is 19.7 Å². The van der Waals surface area contributed by atoms with Crippen LogP contribution in [-0.4, -0.2) is 41.2 Å². The second kappa shape index (κ2) is 7.73. The Labute approximate surface area is 124 Å². The van der Waals surface area contributed by atoms with Crippen molar-refractivity contribution in [3.05, 3.63) is 23.9 Å². The smallest absolute Gasteiger partial charge is 0.213 e. The summed E-state index contributed by atoms with van der Waals surface area (Å²) >= 11 is 0. The number of pyridine rings is 1. The molecule has 0 saturated carbocycles. The Morgan fingerprint density at radius 1 is 1.38 bits per heavy atom. The maximum atomic E-state index is 11.2. The van der Waals surface area contributed by atoms with E-state index in [9.17, 15) is 4.79 Å². The van der Waals surface area contributed by atoms with Gasteiger partial charge in [-0.15, -0.1) is 0 Å². The molecule has 0 aromatic carbocycles. The minimum atomic E-state index is -0.426. The lowest BCUT2D eigenvalue weighted by Crippen LogP contribution is -2.29. The molecule has 1 aromatic heterocycles. The monoisotopic (exact) mass is 290 g/mol. The van der Waals surface area contributed by atoms with E-state index in [0.29, 0.717) is 5.88 Å². The highest BCUT2D eigenvalue weighted by atomic mass is 16.5. The van der Waals surface area contributed by atoms with Crippen molar-refractivity contribution in [2.24, 2.45) is 5.73 Å². The van der Waals surface area contributed by atoms with Gasteiger partial charge in [0.05, 0.1) is 6.61 Å². The van der Waals surface area contributed by atoms with E-state index in [0.717, 1.165) is 19.6 Å². The number of nitrogens with one attached hydrogen (secondary N) is 1. The number of nitrogens with two attached hydrogens (primary N) is 1. The SMILES string of the molecule is N=C(N)C(=O)CCOc1cc(CN2CCCCC2)ccn1. The van der Waals surface area contributed by atoms with E-state index in [1.165, 1.54) is 24.8 Å². The Kier molecular flexibility index (Phi) is 5.68. The van der Waals surface area contributed by atoms with Crippen molar-refractivity contribution in [3.8, 4) is 5.88 Å². The van der Waals surface area contributed by atoms with Crippen LogP contribution in [0, 0.1) is 5.41 Å². The van der Waals surface area contributed by atoms with Crippen LogP contribution in [0.1, 0.15) is 31.2 Å². The molecule has 1 saturated heterocycles. The number of hydrogen-bond acceptors (Lipinski definition) is 5. The topological polar surface area (TPSA) is 92.3 Å². The van der Waals surface area contributed by atoms with Crippen molar-refractivity contribution in [1.82, 2.24) is 9.88 Å². The molecule has 0 unspecified atom stereocenters. The Morgan fingerprint density at radius 2 is 2.14 bits per heavy atom. The number of aromatic nitrogens is 1. The molecule has 1 aromatic rings. The van der Waals surface area contributed by atoms with E-state index in [1.807, 2.05) is 12.1 Å². The fourth-order valence-corrected chi connectivity index (χ4v) is 2.39. The third-order valence-corrected chi connectivity index (χ3v) is 3.53. The number of ether oxygens (including phenoxy) is 1. The molecule has 114 valence electrons. The van der Waals surface area contributed by atoms with E-state index in [2.05, 4.69) is 9.88 Å². The molecule has 1 aliphatic heterocycles. The Balaban J connectivity index is 1.82. The van der Waals surface area contributed by atoms with Crippen LogP contribution in [-0.2, 0) is 11.3 Å². The maximum absolute atomic E-state index is 11.2. The third kappa shape index (κ3) is 5.15. The first kappa shape index (κ1) is 15.4. The molecule has 21 heavy (non-hydrogen) atoms. The van der Waals surface area contributed by atoms with Gasteiger partial charge < -0.3 is 10.5 Å². The summed E-state index contributed by atoms with van der Waals surface area (Å²) < 4.78 is 5.45. The number of Topliss-reactive ketones (excluding diaryl/α,β-unsaturated/α-hetero) is 1. The molecule has 0 radical (unpaired) electrons.